The quantitative estimate of drug-likeness (QED) is 0.484. The number of ether oxygens (including phenoxy) is 2. The summed E-state index contributed by atoms with van der Waals surface area (Å²) in [5.74, 6) is 0.161. The van der Waals surface area contributed by atoms with Crippen LogP contribution in [0.3, 0.4) is 0 Å². The van der Waals surface area contributed by atoms with Gasteiger partial charge in [0.15, 0.2) is 0 Å². The minimum absolute atomic E-state index is 0.110. The van der Waals surface area contributed by atoms with Gasteiger partial charge in [-0.3, -0.25) is 9.47 Å². The molecule has 2 aromatic carbocycles. The summed E-state index contributed by atoms with van der Waals surface area (Å²) >= 11 is 1.54. The number of thiazole rings is 1. The minimum atomic E-state index is -0.339. The second-order valence-corrected chi connectivity index (χ2v) is 9.28. The lowest BCUT2D eigenvalue weighted by Gasteiger charge is -2.26. The zero-order valence-electron chi connectivity index (χ0n) is 18.4. The highest BCUT2D eigenvalue weighted by atomic mass is 32.1. The van der Waals surface area contributed by atoms with Gasteiger partial charge in [0.05, 0.1) is 40.3 Å². The summed E-state index contributed by atoms with van der Waals surface area (Å²) in [4.78, 5) is 23.4. The van der Waals surface area contributed by atoms with Gasteiger partial charge in [0.1, 0.15) is 18.2 Å². The third-order valence-electron chi connectivity index (χ3n) is 6.34. The first-order chi connectivity index (χ1) is 16.7. The number of hydrogen-bond donors (Lipinski definition) is 1. The smallest absolute Gasteiger partial charge is 0.326 e. The molecule has 0 saturated carbocycles. The maximum atomic E-state index is 13.9. The molecule has 4 aromatic rings. The Kier molecular flexibility index (Phi) is 5.52. The zero-order chi connectivity index (χ0) is 23.1. The number of morpholine rings is 1. The van der Waals surface area contributed by atoms with E-state index in [-0.39, 0.29) is 11.5 Å². The van der Waals surface area contributed by atoms with Crippen molar-refractivity contribution in [2.24, 2.45) is 0 Å². The lowest BCUT2D eigenvalue weighted by atomic mass is 9.99. The highest BCUT2D eigenvalue weighted by Gasteiger charge is 2.22. The van der Waals surface area contributed by atoms with Crippen LogP contribution in [0.4, 0.5) is 4.39 Å². The maximum absolute atomic E-state index is 13.9. The van der Waals surface area contributed by atoms with Gasteiger partial charge in [0.2, 0.25) is 0 Å². The van der Waals surface area contributed by atoms with Crippen LogP contribution in [-0.2, 0) is 17.9 Å². The predicted molar refractivity (Wildman–Crippen MR) is 130 cm³/mol. The summed E-state index contributed by atoms with van der Waals surface area (Å²) < 4.78 is 26.9. The monoisotopic (exact) mass is 478 g/mol. The van der Waals surface area contributed by atoms with E-state index < -0.39 is 0 Å². The van der Waals surface area contributed by atoms with Crippen LogP contribution < -0.4 is 10.4 Å². The third-order valence-corrected chi connectivity index (χ3v) is 7.24. The topological polar surface area (TPSA) is 72.4 Å². The van der Waals surface area contributed by atoms with Gasteiger partial charge >= 0.3 is 5.69 Å². The molecule has 7 nitrogen and oxygen atoms in total. The number of aromatic nitrogens is 3. The van der Waals surface area contributed by atoms with Crippen LogP contribution in [-0.4, -0.2) is 52.3 Å². The minimum Gasteiger partial charge on any atom is -0.486 e. The Balaban J connectivity index is 1.37. The summed E-state index contributed by atoms with van der Waals surface area (Å²) in [6.45, 7) is 4.99. The first-order valence-electron chi connectivity index (χ1n) is 11.3. The Labute approximate surface area is 199 Å². The molecule has 6 rings (SSSR count). The molecular formula is C25H23FN4O3S. The molecule has 0 radical (unpaired) electrons. The number of fused-ring (bicyclic) bond motifs is 3. The van der Waals surface area contributed by atoms with Crippen LogP contribution in [0.25, 0.3) is 22.7 Å². The number of halogens is 1. The second kappa shape index (κ2) is 8.83. The number of nitrogens with one attached hydrogen (secondary N) is 1. The Morgan fingerprint density at radius 3 is 2.91 bits per heavy atom. The average Bonchev–Trinajstić information content (AvgIpc) is 3.40. The standard InChI is InChI=1S/C25H23FN4O3S/c26-17-2-3-18-19(24-21(27-15-34-24)14-33-23(18)13-17)11-16-1-4-22-20(12-16)28-25(31)30(22)6-5-29-7-9-32-10-8-29/h1-4,11-13,15H,5-10,14H2,(H,28,31)/b19-11-. The molecule has 0 unspecified atom stereocenters. The Hall–Kier alpha value is -3.27. The molecule has 1 saturated heterocycles. The van der Waals surface area contributed by atoms with Crippen molar-refractivity contribution in [2.45, 2.75) is 13.2 Å². The number of benzene rings is 2. The molecule has 0 amide bonds. The molecule has 0 atom stereocenters. The molecule has 0 spiro atoms. The number of hydrogen-bond acceptors (Lipinski definition) is 6. The number of rotatable bonds is 4. The molecular weight excluding hydrogens is 455 g/mol. The fourth-order valence-corrected chi connectivity index (χ4v) is 5.40. The lowest BCUT2D eigenvalue weighted by molar-refractivity contribution is 0.0364. The normalized spacial score (nSPS) is 17.4. The molecule has 9 heteroatoms. The summed E-state index contributed by atoms with van der Waals surface area (Å²) in [7, 11) is 0. The van der Waals surface area contributed by atoms with E-state index in [1.807, 2.05) is 24.3 Å². The Morgan fingerprint density at radius 2 is 2.03 bits per heavy atom. The van der Waals surface area contributed by atoms with Crippen LogP contribution in [0.15, 0.2) is 46.7 Å². The number of H-pyrrole nitrogens is 1. The zero-order valence-corrected chi connectivity index (χ0v) is 19.2. The lowest BCUT2D eigenvalue weighted by Crippen LogP contribution is -2.39. The molecule has 174 valence electrons. The van der Waals surface area contributed by atoms with E-state index in [1.165, 1.54) is 23.5 Å². The molecule has 2 aromatic heterocycles. The van der Waals surface area contributed by atoms with Crippen molar-refractivity contribution < 1.29 is 13.9 Å². The van der Waals surface area contributed by atoms with Gasteiger partial charge < -0.3 is 14.5 Å². The van der Waals surface area contributed by atoms with Crippen molar-refractivity contribution >= 4 is 34.0 Å². The van der Waals surface area contributed by atoms with Crippen molar-refractivity contribution in [3.05, 3.63) is 79.9 Å². The van der Waals surface area contributed by atoms with Gasteiger partial charge in [-0.1, -0.05) is 6.07 Å². The molecule has 1 N–H and O–H groups in total. The molecule has 34 heavy (non-hydrogen) atoms. The van der Waals surface area contributed by atoms with Gasteiger partial charge in [0.25, 0.3) is 0 Å². The fraction of sp³-hybridized carbons (Fsp3) is 0.280. The average molecular weight is 479 g/mol. The van der Waals surface area contributed by atoms with Crippen LogP contribution in [0, 0.1) is 5.82 Å². The van der Waals surface area contributed by atoms with Crippen molar-refractivity contribution in [1.82, 2.24) is 19.4 Å². The number of aromatic amines is 1. The predicted octanol–water partition coefficient (Wildman–Crippen LogP) is 3.74. The number of imidazole rings is 1. The van der Waals surface area contributed by atoms with E-state index in [2.05, 4.69) is 14.9 Å². The highest BCUT2D eigenvalue weighted by Crippen LogP contribution is 2.40. The van der Waals surface area contributed by atoms with E-state index in [4.69, 9.17) is 9.47 Å². The molecule has 4 heterocycles. The molecule has 0 bridgehead atoms. The summed E-state index contributed by atoms with van der Waals surface area (Å²) in [6.07, 6.45) is 2.05. The van der Waals surface area contributed by atoms with E-state index in [0.717, 1.165) is 71.2 Å². The molecule has 2 aliphatic heterocycles. The van der Waals surface area contributed by atoms with Crippen LogP contribution >= 0.6 is 11.3 Å². The van der Waals surface area contributed by atoms with E-state index in [9.17, 15) is 9.18 Å². The third kappa shape index (κ3) is 3.96. The maximum Gasteiger partial charge on any atom is 0.326 e. The van der Waals surface area contributed by atoms with E-state index in [1.54, 1.807) is 16.1 Å². The van der Waals surface area contributed by atoms with Gasteiger partial charge in [-0.25, -0.2) is 14.2 Å². The van der Waals surface area contributed by atoms with E-state index >= 15 is 0 Å². The number of nitrogens with zero attached hydrogens (tertiary/aromatic N) is 3. The van der Waals surface area contributed by atoms with Crippen LogP contribution in [0.5, 0.6) is 5.75 Å². The fourth-order valence-electron chi connectivity index (χ4n) is 4.57. The first kappa shape index (κ1) is 21.3. The van der Waals surface area contributed by atoms with E-state index in [0.29, 0.717) is 18.9 Å². The van der Waals surface area contributed by atoms with Crippen molar-refractivity contribution in [2.75, 3.05) is 32.8 Å². The van der Waals surface area contributed by atoms with Crippen molar-refractivity contribution in [1.29, 1.82) is 0 Å². The first-order valence-corrected chi connectivity index (χ1v) is 12.1. The molecule has 0 aliphatic carbocycles. The molecule has 1 fully saturated rings. The van der Waals surface area contributed by atoms with Gasteiger partial charge in [-0.15, -0.1) is 11.3 Å². The largest absolute Gasteiger partial charge is 0.486 e. The molecule has 2 aliphatic rings. The van der Waals surface area contributed by atoms with Crippen LogP contribution in [0.2, 0.25) is 0 Å². The summed E-state index contributed by atoms with van der Waals surface area (Å²) in [5, 5.41) is 0. The summed E-state index contributed by atoms with van der Waals surface area (Å²) in [5.41, 5.74) is 6.87. The summed E-state index contributed by atoms with van der Waals surface area (Å²) in [6, 6.07) is 10.6. The Bertz CT molecular complexity index is 1450. The van der Waals surface area contributed by atoms with Gasteiger partial charge in [0, 0.05) is 43.4 Å². The van der Waals surface area contributed by atoms with Gasteiger partial charge in [-0.05, 0) is 35.9 Å². The SMILES string of the molecule is O=c1[nH]c2cc(/C=C3/c4ccc(F)cc4OCc4ncsc43)ccc2n1CCN1CCOCC1. The second-order valence-electron chi connectivity index (χ2n) is 8.43. The highest BCUT2D eigenvalue weighted by molar-refractivity contribution is 7.11. The van der Waals surface area contributed by atoms with Crippen LogP contribution in [0.1, 0.15) is 21.7 Å². The van der Waals surface area contributed by atoms with Crippen molar-refractivity contribution in [3.8, 4) is 5.75 Å². The van der Waals surface area contributed by atoms with Crippen molar-refractivity contribution in [3.63, 3.8) is 0 Å². The Morgan fingerprint density at radius 1 is 1.15 bits per heavy atom. The van der Waals surface area contributed by atoms with Gasteiger partial charge in [-0.2, -0.15) is 0 Å².